The normalized spacial score (nSPS) is 15.3. The van der Waals surface area contributed by atoms with Crippen molar-refractivity contribution in [3.05, 3.63) is 46.3 Å². The van der Waals surface area contributed by atoms with E-state index in [4.69, 9.17) is 0 Å². The lowest BCUT2D eigenvalue weighted by molar-refractivity contribution is -0.384. The molecule has 118 valence electrons. The number of nitro benzene ring substituents is 1. The van der Waals surface area contributed by atoms with Crippen molar-refractivity contribution in [1.29, 1.82) is 5.26 Å². The lowest BCUT2D eigenvalue weighted by atomic mass is 9.96. The van der Waals surface area contributed by atoms with Gasteiger partial charge in [0.25, 0.3) is 5.69 Å². The Balaban J connectivity index is 1.68. The van der Waals surface area contributed by atoms with Gasteiger partial charge in [0.15, 0.2) is 0 Å². The van der Waals surface area contributed by atoms with Crippen LogP contribution in [0.1, 0.15) is 18.4 Å². The van der Waals surface area contributed by atoms with Gasteiger partial charge in [0.1, 0.15) is 6.07 Å². The number of piperidine rings is 1. The average Bonchev–Trinajstić information content (AvgIpc) is 3.08. The summed E-state index contributed by atoms with van der Waals surface area (Å²) < 4.78 is 1.84. The number of hydrogen-bond acceptors (Lipinski definition) is 6. The molecular formula is C15H16N6O2. The first-order valence-electron chi connectivity index (χ1n) is 7.45. The van der Waals surface area contributed by atoms with Gasteiger partial charge in [-0.15, -0.1) is 5.10 Å². The molecular weight excluding hydrogens is 296 g/mol. The predicted molar refractivity (Wildman–Crippen MR) is 82.8 cm³/mol. The number of aromatic nitrogens is 3. The highest BCUT2D eigenvalue weighted by Gasteiger charge is 2.22. The molecule has 0 radical (unpaired) electrons. The molecule has 1 fully saturated rings. The highest BCUT2D eigenvalue weighted by atomic mass is 16.6. The summed E-state index contributed by atoms with van der Waals surface area (Å²) in [4.78, 5) is 12.5. The van der Waals surface area contributed by atoms with Crippen molar-refractivity contribution in [2.24, 2.45) is 5.92 Å². The van der Waals surface area contributed by atoms with Gasteiger partial charge in [0.05, 0.1) is 22.4 Å². The average molecular weight is 312 g/mol. The standard InChI is InChI=1S/C15H16N6O2/c16-10-13-9-14(21(22)23)1-2-15(13)19-6-3-12(4-7-19)11-20-8-5-17-18-20/h1-2,5,8-9,12H,3-4,6-7,11H2. The van der Waals surface area contributed by atoms with Crippen molar-refractivity contribution in [1.82, 2.24) is 15.0 Å². The van der Waals surface area contributed by atoms with E-state index in [9.17, 15) is 15.4 Å². The molecule has 2 aromatic rings. The lowest BCUT2D eigenvalue weighted by Gasteiger charge is -2.33. The molecule has 2 heterocycles. The molecule has 8 heteroatoms. The summed E-state index contributed by atoms with van der Waals surface area (Å²) in [6.07, 6.45) is 5.51. The number of non-ortho nitro benzene ring substituents is 1. The molecule has 0 aliphatic carbocycles. The second-order valence-electron chi connectivity index (χ2n) is 5.63. The van der Waals surface area contributed by atoms with Crippen LogP contribution < -0.4 is 4.90 Å². The maximum Gasteiger partial charge on any atom is 0.270 e. The second kappa shape index (κ2) is 6.44. The summed E-state index contributed by atoms with van der Waals surface area (Å²) in [6, 6.07) is 6.54. The minimum Gasteiger partial charge on any atom is -0.370 e. The largest absolute Gasteiger partial charge is 0.370 e. The number of rotatable bonds is 4. The van der Waals surface area contributed by atoms with Crippen LogP contribution in [0.2, 0.25) is 0 Å². The molecule has 0 atom stereocenters. The lowest BCUT2D eigenvalue weighted by Crippen LogP contribution is -2.35. The SMILES string of the molecule is N#Cc1cc([N+](=O)[O-])ccc1N1CCC(Cn2ccnn2)CC1. The summed E-state index contributed by atoms with van der Waals surface area (Å²) >= 11 is 0. The quantitative estimate of drug-likeness (QED) is 0.632. The van der Waals surface area contributed by atoms with E-state index in [1.807, 2.05) is 10.9 Å². The zero-order valence-electron chi connectivity index (χ0n) is 12.5. The number of nitriles is 1. The maximum atomic E-state index is 10.8. The van der Waals surface area contributed by atoms with Gasteiger partial charge >= 0.3 is 0 Å². The summed E-state index contributed by atoms with van der Waals surface area (Å²) in [6.45, 7) is 2.50. The number of hydrogen-bond donors (Lipinski definition) is 0. The first-order valence-corrected chi connectivity index (χ1v) is 7.45. The Kier molecular flexibility index (Phi) is 4.19. The first kappa shape index (κ1) is 15.0. The van der Waals surface area contributed by atoms with Crippen molar-refractivity contribution in [2.75, 3.05) is 18.0 Å². The van der Waals surface area contributed by atoms with Crippen LogP contribution in [0.5, 0.6) is 0 Å². The number of nitrogens with zero attached hydrogens (tertiary/aromatic N) is 6. The smallest absolute Gasteiger partial charge is 0.270 e. The highest BCUT2D eigenvalue weighted by molar-refractivity contribution is 5.63. The van der Waals surface area contributed by atoms with Gasteiger partial charge in [0.2, 0.25) is 0 Å². The topological polar surface area (TPSA) is 101 Å². The fourth-order valence-electron chi connectivity index (χ4n) is 2.95. The van der Waals surface area contributed by atoms with E-state index in [2.05, 4.69) is 21.3 Å². The Morgan fingerprint density at radius 1 is 1.39 bits per heavy atom. The van der Waals surface area contributed by atoms with E-state index in [0.29, 0.717) is 11.5 Å². The molecule has 1 aromatic heterocycles. The molecule has 1 aliphatic heterocycles. The molecule has 23 heavy (non-hydrogen) atoms. The molecule has 8 nitrogen and oxygen atoms in total. The van der Waals surface area contributed by atoms with Crippen LogP contribution in [0, 0.1) is 27.4 Å². The minimum atomic E-state index is -0.477. The Bertz CT molecular complexity index is 729. The molecule has 1 aliphatic rings. The van der Waals surface area contributed by atoms with Gasteiger partial charge in [-0.2, -0.15) is 5.26 Å². The van der Waals surface area contributed by atoms with E-state index in [0.717, 1.165) is 38.2 Å². The third-order valence-electron chi connectivity index (χ3n) is 4.18. The number of nitro groups is 1. The van der Waals surface area contributed by atoms with Crippen LogP contribution in [0.3, 0.4) is 0 Å². The Labute approximate surface area is 133 Å². The van der Waals surface area contributed by atoms with E-state index < -0.39 is 4.92 Å². The molecule has 1 aromatic carbocycles. The molecule has 0 amide bonds. The van der Waals surface area contributed by atoms with Crippen LogP contribution in [-0.4, -0.2) is 33.0 Å². The number of anilines is 1. The molecule has 0 saturated carbocycles. The maximum absolute atomic E-state index is 10.8. The van der Waals surface area contributed by atoms with Crippen molar-refractivity contribution >= 4 is 11.4 Å². The van der Waals surface area contributed by atoms with Gasteiger partial charge < -0.3 is 4.90 Å². The molecule has 1 saturated heterocycles. The van der Waals surface area contributed by atoms with Crippen LogP contribution in [-0.2, 0) is 6.54 Å². The first-order chi connectivity index (χ1) is 11.2. The van der Waals surface area contributed by atoms with Crippen molar-refractivity contribution in [3.8, 4) is 6.07 Å². The van der Waals surface area contributed by atoms with Crippen molar-refractivity contribution in [3.63, 3.8) is 0 Å². The van der Waals surface area contributed by atoms with Gasteiger partial charge in [0, 0.05) is 38.0 Å². The molecule has 0 unspecified atom stereocenters. The summed E-state index contributed by atoms with van der Waals surface area (Å²) in [5.41, 5.74) is 1.08. The summed E-state index contributed by atoms with van der Waals surface area (Å²) in [7, 11) is 0. The van der Waals surface area contributed by atoms with Crippen molar-refractivity contribution in [2.45, 2.75) is 19.4 Å². The van der Waals surface area contributed by atoms with E-state index in [1.165, 1.54) is 12.1 Å². The molecule has 0 N–H and O–H groups in total. The monoisotopic (exact) mass is 312 g/mol. The fraction of sp³-hybridized carbons (Fsp3) is 0.400. The van der Waals surface area contributed by atoms with Gasteiger partial charge in [-0.05, 0) is 24.8 Å². The second-order valence-corrected chi connectivity index (χ2v) is 5.63. The third-order valence-corrected chi connectivity index (χ3v) is 4.18. The van der Waals surface area contributed by atoms with Crippen LogP contribution in [0.4, 0.5) is 11.4 Å². The fourth-order valence-corrected chi connectivity index (χ4v) is 2.95. The van der Waals surface area contributed by atoms with Crippen LogP contribution in [0.25, 0.3) is 0 Å². The third kappa shape index (κ3) is 3.29. The highest BCUT2D eigenvalue weighted by Crippen LogP contribution is 2.29. The Hall–Kier alpha value is -2.95. The van der Waals surface area contributed by atoms with Gasteiger partial charge in [-0.3, -0.25) is 14.8 Å². The van der Waals surface area contributed by atoms with Crippen LogP contribution >= 0.6 is 0 Å². The zero-order valence-corrected chi connectivity index (χ0v) is 12.5. The molecule has 3 rings (SSSR count). The van der Waals surface area contributed by atoms with Crippen molar-refractivity contribution < 1.29 is 4.92 Å². The number of benzene rings is 1. The zero-order chi connectivity index (χ0) is 16.2. The summed E-state index contributed by atoms with van der Waals surface area (Å²) in [5, 5.41) is 27.9. The summed E-state index contributed by atoms with van der Waals surface area (Å²) in [5.74, 6) is 0.525. The minimum absolute atomic E-state index is 0.0497. The molecule has 0 spiro atoms. The predicted octanol–water partition coefficient (Wildman–Crippen LogP) is 1.97. The Morgan fingerprint density at radius 3 is 2.78 bits per heavy atom. The van der Waals surface area contributed by atoms with Gasteiger partial charge in [-0.25, -0.2) is 0 Å². The van der Waals surface area contributed by atoms with Crippen LogP contribution in [0.15, 0.2) is 30.6 Å². The van der Waals surface area contributed by atoms with E-state index in [-0.39, 0.29) is 5.69 Å². The van der Waals surface area contributed by atoms with Gasteiger partial charge in [-0.1, -0.05) is 5.21 Å². The molecule has 0 bridgehead atoms. The van der Waals surface area contributed by atoms with E-state index >= 15 is 0 Å². The Morgan fingerprint density at radius 2 is 2.17 bits per heavy atom. The van der Waals surface area contributed by atoms with E-state index in [1.54, 1.807) is 12.3 Å².